The maximum absolute atomic E-state index is 13.0. The molecule has 0 radical (unpaired) electrons. The second-order valence-electron chi connectivity index (χ2n) is 21.0. The molecular formula is C62H52O17. The molecule has 1 fully saturated rings. The molecule has 0 spiro atoms. The van der Waals surface area contributed by atoms with Crippen LogP contribution in [0.15, 0.2) is 146 Å². The highest BCUT2D eigenvalue weighted by atomic mass is 16.7. The lowest BCUT2D eigenvalue weighted by Gasteiger charge is -2.39. The van der Waals surface area contributed by atoms with E-state index < -0.39 is 85.0 Å². The average Bonchev–Trinajstić information content (AvgIpc) is 2.85. The Morgan fingerprint density at radius 1 is 0.380 bits per heavy atom. The Morgan fingerprint density at radius 2 is 0.899 bits per heavy atom. The maximum Gasteiger partial charge on any atom is 0.229 e. The lowest BCUT2D eigenvalue weighted by atomic mass is 9.68. The number of benzene rings is 8. The van der Waals surface area contributed by atoms with Gasteiger partial charge < -0.3 is 85.3 Å². The van der Waals surface area contributed by atoms with Crippen molar-refractivity contribution >= 4 is 0 Å². The van der Waals surface area contributed by atoms with Crippen molar-refractivity contribution in [3.8, 4) is 69.0 Å². The molecule has 0 saturated carbocycles. The average molecular weight is 1070 g/mol. The molecule has 79 heavy (non-hydrogen) atoms. The number of hydrogen-bond acceptors (Lipinski definition) is 17. The van der Waals surface area contributed by atoms with E-state index in [1.54, 1.807) is 72.8 Å². The highest BCUT2D eigenvalue weighted by molar-refractivity contribution is 5.73. The van der Waals surface area contributed by atoms with Crippen LogP contribution in [0.5, 0.6) is 69.0 Å². The van der Waals surface area contributed by atoms with Crippen LogP contribution >= 0.6 is 0 Å². The van der Waals surface area contributed by atoms with Gasteiger partial charge in [-0.1, -0.05) is 54.6 Å². The van der Waals surface area contributed by atoms with Crippen LogP contribution in [-0.2, 0) is 4.74 Å². The normalized spacial score (nSPS) is 27.0. The molecule has 17 nitrogen and oxygen atoms in total. The molecule has 13 N–H and O–H groups in total. The van der Waals surface area contributed by atoms with E-state index in [1.807, 2.05) is 6.07 Å². The van der Waals surface area contributed by atoms with Crippen molar-refractivity contribution < 1.29 is 85.3 Å². The van der Waals surface area contributed by atoms with Crippen LogP contribution in [0.4, 0.5) is 0 Å². The summed E-state index contributed by atoms with van der Waals surface area (Å²) in [6.07, 6.45) is -10.4. The summed E-state index contributed by atoms with van der Waals surface area (Å²) < 4.78 is 26.4. The molecule has 8 aromatic carbocycles. The van der Waals surface area contributed by atoms with Gasteiger partial charge in [0.25, 0.3) is 0 Å². The minimum atomic E-state index is -1.88. The smallest absolute Gasteiger partial charge is 0.229 e. The lowest BCUT2D eigenvalue weighted by molar-refractivity contribution is -0.277. The van der Waals surface area contributed by atoms with Crippen LogP contribution in [-0.4, -0.2) is 104 Å². The van der Waals surface area contributed by atoms with Crippen molar-refractivity contribution in [2.75, 3.05) is 6.61 Å². The van der Waals surface area contributed by atoms with Crippen molar-refractivity contribution in [1.29, 1.82) is 0 Å². The van der Waals surface area contributed by atoms with E-state index in [1.165, 1.54) is 66.7 Å². The molecule has 13 unspecified atom stereocenters. The first-order valence-electron chi connectivity index (χ1n) is 25.7. The minimum Gasteiger partial charge on any atom is -0.508 e. The fraction of sp³-hybridized carbons (Fsp3) is 0.226. The van der Waals surface area contributed by atoms with Gasteiger partial charge in [-0.05, 0) is 117 Å². The SMILES string of the molecule is OCC1OC(Oc2cc(C3c4c(O)cc5c6c4C(C(c4ccc(O)cc4)c4c(O)cc(O)cc4C6C(c4ccc(O)cc4)O5)C3c3ccc(O)cc3)cc3c2OC(c2ccc(O)cc2)C3c2cc(O)cc(O)c2)C(O)C(O)C1O. The Kier molecular flexibility index (Phi) is 11.8. The number of fused-ring (bicyclic) bond motifs is 3. The number of aliphatic hydroxyl groups excluding tert-OH is 4. The molecule has 17 heteroatoms. The predicted octanol–water partition coefficient (Wildman–Crippen LogP) is 7.91. The van der Waals surface area contributed by atoms with Gasteiger partial charge in [0.1, 0.15) is 94.1 Å². The second kappa shape index (κ2) is 18.7. The Labute approximate surface area is 450 Å². The lowest BCUT2D eigenvalue weighted by Crippen LogP contribution is -2.60. The summed E-state index contributed by atoms with van der Waals surface area (Å²) in [7, 11) is 0. The van der Waals surface area contributed by atoms with Crippen LogP contribution in [0, 0.1) is 0 Å². The number of aromatic hydroxyl groups is 9. The molecule has 0 aromatic heterocycles. The fourth-order valence-corrected chi connectivity index (χ4v) is 13.3. The molecule has 8 aromatic rings. The van der Waals surface area contributed by atoms with Gasteiger partial charge in [-0.2, -0.15) is 0 Å². The van der Waals surface area contributed by atoms with E-state index in [2.05, 4.69) is 0 Å². The molecule has 1 saturated heterocycles. The molecule has 5 aliphatic rings. The first-order chi connectivity index (χ1) is 38.0. The first kappa shape index (κ1) is 49.7. The highest BCUT2D eigenvalue weighted by Crippen LogP contribution is 2.71. The van der Waals surface area contributed by atoms with Gasteiger partial charge in [-0.15, -0.1) is 0 Å². The van der Waals surface area contributed by atoms with Gasteiger partial charge in [-0.25, -0.2) is 0 Å². The largest absolute Gasteiger partial charge is 0.508 e. The van der Waals surface area contributed by atoms with E-state index in [9.17, 15) is 66.4 Å². The van der Waals surface area contributed by atoms with Crippen molar-refractivity contribution in [3.63, 3.8) is 0 Å². The Bertz CT molecular complexity index is 3660. The van der Waals surface area contributed by atoms with E-state index in [0.717, 1.165) is 0 Å². The number of hydrogen-bond donors (Lipinski definition) is 13. The molecule has 13 rings (SSSR count). The standard InChI is InChI=1S/C62H52O17/c63-25-45-56(73)57(74)58(75)62(78-45)77-44-20-31(19-40-46(30-17-36(68)21-37(69)18-30)59(79-61(40)44)28-5-13-34(66)14-6-28)49-47(26-1-9-32(64)10-2-26)54-48(27-3-11-33(65)12-4-27)50-39(22-38(70)23-41(50)71)51-53-43(24-42(72)52(49)55(53)54)76-60(51)29-7-15-35(67)16-8-29/h1-24,45-49,51,54,56-60,62-75H,25H2. The van der Waals surface area contributed by atoms with Gasteiger partial charge in [0, 0.05) is 64.1 Å². The van der Waals surface area contributed by atoms with Crippen LogP contribution in [0.2, 0.25) is 0 Å². The third-order valence-electron chi connectivity index (χ3n) is 16.5. The van der Waals surface area contributed by atoms with Crippen molar-refractivity contribution in [2.24, 2.45) is 0 Å². The van der Waals surface area contributed by atoms with E-state index in [0.29, 0.717) is 72.5 Å². The van der Waals surface area contributed by atoms with Gasteiger partial charge >= 0.3 is 0 Å². The fourth-order valence-electron chi connectivity index (χ4n) is 13.3. The van der Waals surface area contributed by atoms with Gasteiger partial charge in [0.05, 0.1) is 18.4 Å². The van der Waals surface area contributed by atoms with Crippen LogP contribution < -0.4 is 14.2 Å². The number of ether oxygens (including phenoxy) is 4. The van der Waals surface area contributed by atoms with E-state index in [4.69, 9.17) is 18.9 Å². The summed E-state index contributed by atoms with van der Waals surface area (Å²) in [5.74, 6) is -5.97. The van der Waals surface area contributed by atoms with Crippen molar-refractivity contribution in [3.05, 3.63) is 212 Å². The molecule has 13 atom stereocenters. The van der Waals surface area contributed by atoms with Gasteiger partial charge in [0.15, 0.2) is 11.5 Å². The summed E-state index contributed by atoms with van der Waals surface area (Å²) in [6, 6.07) is 37.9. The monoisotopic (exact) mass is 1070 g/mol. The Morgan fingerprint density at radius 3 is 1.49 bits per heavy atom. The number of phenols is 9. The zero-order valence-electron chi connectivity index (χ0n) is 41.5. The molecule has 3 heterocycles. The molecule has 0 bridgehead atoms. The second-order valence-corrected chi connectivity index (χ2v) is 21.0. The maximum atomic E-state index is 13.0. The van der Waals surface area contributed by atoms with Gasteiger partial charge in [0.2, 0.25) is 6.29 Å². The molecular weight excluding hydrogens is 1020 g/mol. The minimum absolute atomic E-state index is 0.00789. The highest BCUT2D eigenvalue weighted by Gasteiger charge is 2.57. The topological polar surface area (TPSA) is 300 Å². The Balaban J connectivity index is 1.12. The van der Waals surface area contributed by atoms with Gasteiger partial charge in [-0.3, -0.25) is 0 Å². The first-order valence-corrected chi connectivity index (χ1v) is 25.7. The molecule has 402 valence electrons. The van der Waals surface area contributed by atoms with E-state index >= 15 is 0 Å². The van der Waals surface area contributed by atoms with Crippen LogP contribution in [0.3, 0.4) is 0 Å². The summed E-state index contributed by atoms with van der Waals surface area (Å²) in [5.41, 5.74) is 6.30. The number of rotatable bonds is 9. The van der Waals surface area contributed by atoms with Crippen LogP contribution in [0.25, 0.3) is 0 Å². The third kappa shape index (κ3) is 8.02. The molecule has 0 amide bonds. The predicted molar refractivity (Wildman–Crippen MR) is 281 cm³/mol. The third-order valence-corrected chi connectivity index (χ3v) is 16.5. The molecule has 3 aliphatic heterocycles. The zero-order chi connectivity index (χ0) is 54.9. The quantitative estimate of drug-likeness (QED) is 0.0653. The van der Waals surface area contributed by atoms with Crippen molar-refractivity contribution in [1.82, 2.24) is 0 Å². The summed E-state index contributed by atoms with van der Waals surface area (Å²) in [5, 5.41) is 145. The summed E-state index contributed by atoms with van der Waals surface area (Å²) >= 11 is 0. The zero-order valence-corrected chi connectivity index (χ0v) is 41.5. The summed E-state index contributed by atoms with van der Waals surface area (Å²) in [6.45, 7) is -0.761. The van der Waals surface area contributed by atoms with Crippen LogP contribution in [0.1, 0.15) is 114 Å². The van der Waals surface area contributed by atoms with Crippen molar-refractivity contribution in [2.45, 2.75) is 78.4 Å². The Hall–Kier alpha value is -8.84. The van der Waals surface area contributed by atoms with E-state index in [-0.39, 0.29) is 63.2 Å². The summed E-state index contributed by atoms with van der Waals surface area (Å²) in [4.78, 5) is 0. The molecule has 2 aliphatic carbocycles. The number of aliphatic hydroxyl groups is 4. The number of phenolic OH excluding ortho intramolecular Hbond substituents is 9.